The molecule has 4 rings (SSSR count). The van der Waals surface area contributed by atoms with Crippen LogP contribution in [0.25, 0.3) is 0 Å². The van der Waals surface area contributed by atoms with Crippen LogP contribution in [0, 0.1) is 0 Å². The van der Waals surface area contributed by atoms with Crippen molar-refractivity contribution in [3.05, 3.63) is 101 Å². The Hall–Kier alpha value is -4.24. The summed E-state index contributed by atoms with van der Waals surface area (Å²) in [5.41, 5.74) is 1.37. The van der Waals surface area contributed by atoms with Gasteiger partial charge in [-0.15, -0.1) is 0 Å². The van der Waals surface area contributed by atoms with E-state index in [2.05, 4.69) is 9.71 Å². The number of hydrogen-bond donors (Lipinski definition) is 2. The topological polar surface area (TPSA) is 122 Å². The molecule has 0 saturated carbocycles. The van der Waals surface area contributed by atoms with Crippen molar-refractivity contribution in [2.45, 2.75) is 4.90 Å². The third-order valence-electron chi connectivity index (χ3n) is 4.97. The van der Waals surface area contributed by atoms with Crippen LogP contribution in [0.2, 0.25) is 0 Å². The number of ether oxygens (including phenoxy) is 1. The van der Waals surface area contributed by atoms with Gasteiger partial charge in [0.25, 0.3) is 10.0 Å². The molecule has 33 heavy (non-hydrogen) atoms. The molecule has 0 atom stereocenters. The van der Waals surface area contributed by atoms with Crippen LogP contribution < -0.4 is 10.1 Å². The van der Waals surface area contributed by atoms with Gasteiger partial charge in [-0.3, -0.25) is 4.79 Å². The van der Waals surface area contributed by atoms with E-state index in [9.17, 15) is 18.0 Å². The lowest BCUT2D eigenvalue weighted by Crippen LogP contribution is -2.22. The number of carbonyl (C=O) groups is 2. The Bertz CT molecular complexity index is 1420. The fourth-order valence-electron chi connectivity index (χ4n) is 3.34. The molecule has 1 aliphatic carbocycles. The molecule has 0 saturated heterocycles. The fraction of sp³-hybridized carbons (Fsp3) is 0.0417. The molecule has 3 aromatic rings. The van der Waals surface area contributed by atoms with E-state index in [-0.39, 0.29) is 27.7 Å². The molecule has 0 aliphatic heterocycles. The predicted molar refractivity (Wildman–Crippen MR) is 123 cm³/mol. The third kappa shape index (κ3) is 4.39. The quantitative estimate of drug-likeness (QED) is 0.572. The van der Waals surface area contributed by atoms with E-state index in [1.165, 1.54) is 37.5 Å². The molecule has 3 aromatic carbocycles. The second-order valence-electron chi connectivity index (χ2n) is 7.04. The first-order valence-corrected chi connectivity index (χ1v) is 11.2. The number of para-hydroxylation sites is 2. The highest BCUT2D eigenvalue weighted by molar-refractivity contribution is 7.90. The number of nitrogens with zero attached hydrogens (tertiary/aromatic N) is 1. The maximum absolute atomic E-state index is 13.1. The minimum Gasteiger partial charge on any atom is -0.495 e. The highest BCUT2D eigenvalue weighted by atomic mass is 32.2. The highest BCUT2D eigenvalue weighted by Crippen LogP contribution is 2.29. The Labute approximate surface area is 189 Å². The van der Waals surface area contributed by atoms with Crippen molar-refractivity contribution in [2.24, 2.45) is 4.40 Å². The van der Waals surface area contributed by atoms with Crippen molar-refractivity contribution in [2.75, 3.05) is 12.4 Å². The number of carbonyl (C=O) groups excluding carboxylic acids is 1. The van der Waals surface area contributed by atoms with Crippen LogP contribution in [0.5, 0.6) is 5.75 Å². The molecule has 1 aliphatic rings. The summed E-state index contributed by atoms with van der Waals surface area (Å²) in [5.74, 6) is -0.978. The molecule has 0 heterocycles. The number of Topliss-reactive ketones (excluding diaryl/α,β-unsaturated/α-hetero) is 1. The molecule has 0 fully saturated rings. The largest absolute Gasteiger partial charge is 0.495 e. The smallest absolute Gasteiger partial charge is 0.335 e. The molecule has 8 nitrogen and oxygen atoms in total. The summed E-state index contributed by atoms with van der Waals surface area (Å²) >= 11 is 0. The number of ketones is 1. The van der Waals surface area contributed by atoms with E-state index in [1.807, 2.05) is 0 Å². The van der Waals surface area contributed by atoms with Gasteiger partial charge in [0, 0.05) is 11.1 Å². The number of benzene rings is 3. The Morgan fingerprint density at radius 2 is 1.58 bits per heavy atom. The second kappa shape index (κ2) is 8.71. The summed E-state index contributed by atoms with van der Waals surface area (Å²) < 4.78 is 35.2. The van der Waals surface area contributed by atoms with Gasteiger partial charge in [-0.1, -0.05) is 36.4 Å². The molecule has 2 N–H and O–H groups in total. The van der Waals surface area contributed by atoms with Gasteiger partial charge >= 0.3 is 5.97 Å². The van der Waals surface area contributed by atoms with Crippen molar-refractivity contribution < 1.29 is 27.9 Å². The van der Waals surface area contributed by atoms with Gasteiger partial charge in [-0.05, 0) is 42.5 Å². The number of methoxy groups -OCH3 is 1. The number of sulfonamides is 1. The number of anilines is 1. The molecule has 9 heteroatoms. The maximum atomic E-state index is 13.1. The lowest BCUT2D eigenvalue weighted by Gasteiger charge is -2.19. The SMILES string of the molecule is COc1ccccc1NC1=CC(=NS(=O)(=O)c2ccc(C(=O)O)cc2)c2ccccc2C1=O. The van der Waals surface area contributed by atoms with Gasteiger partial charge < -0.3 is 15.2 Å². The number of aromatic carboxylic acids is 1. The van der Waals surface area contributed by atoms with Crippen molar-refractivity contribution in [3.8, 4) is 5.75 Å². The number of carboxylic acids is 1. The molecule has 166 valence electrons. The fourth-order valence-corrected chi connectivity index (χ4v) is 4.34. The van der Waals surface area contributed by atoms with Crippen molar-refractivity contribution in [1.82, 2.24) is 0 Å². The molecular formula is C24H18N2O6S. The Kier molecular flexibility index (Phi) is 5.80. The molecule has 0 bridgehead atoms. The standard InChI is InChI=1S/C24H18N2O6S/c1-32-22-9-5-4-8-19(22)25-21-14-20(17-6-2-3-7-18(17)23(21)27)26-33(30,31)16-12-10-15(11-13-16)24(28)29/h2-14,25H,1H3,(H,28,29). The van der Waals surface area contributed by atoms with Gasteiger partial charge in [-0.2, -0.15) is 12.8 Å². The van der Waals surface area contributed by atoms with E-state index < -0.39 is 16.0 Å². The summed E-state index contributed by atoms with van der Waals surface area (Å²) in [4.78, 5) is 24.0. The van der Waals surface area contributed by atoms with Gasteiger partial charge in [0.2, 0.25) is 5.78 Å². The highest BCUT2D eigenvalue weighted by Gasteiger charge is 2.26. The third-order valence-corrected chi connectivity index (χ3v) is 6.27. The van der Waals surface area contributed by atoms with Crippen LogP contribution >= 0.6 is 0 Å². The van der Waals surface area contributed by atoms with Crippen molar-refractivity contribution in [3.63, 3.8) is 0 Å². The lowest BCUT2D eigenvalue weighted by molar-refractivity contribution is 0.0696. The lowest BCUT2D eigenvalue weighted by atomic mass is 9.92. The van der Waals surface area contributed by atoms with E-state index in [0.717, 1.165) is 0 Å². The van der Waals surface area contributed by atoms with Crippen LogP contribution in [0.1, 0.15) is 26.3 Å². The number of nitrogens with one attached hydrogen (secondary N) is 1. The monoisotopic (exact) mass is 462 g/mol. The van der Waals surface area contributed by atoms with E-state index >= 15 is 0 Å². The van der Waals surface area contributed by atoms with Gasteiger partial charge in [0.15, 0.2) is 0 Å². The average molecular weight is 462 g/mol. The molecule has 0 radical (unpaired) electrons. The van der Waals surface area contributed by atoms with Gasteiger partial charge in [0.05, 0.1) is 34.7 Å². The van der Waals surface area contributed by atoms with Crippen LogP contribution in [0.3, 0.4) is 0 Å². The van der Waals surface area contributed by atoms with Crippen molar-refractivity contribution >= 4 is 33.2 Å². The first-order valence-electron chi connectivity index (χ1n) is 9.74. The Morgan fingerprint density at radius 3 is 2.24 bits per heavy atom. The molecule has 0 spiro atoms. The van der Waals surface area contributed by atoms with Crippen molar-refractivity contribution in [1.29, 1.82) is 0 Å². The van der Waals surface area contributed by atoms with Crippen LogP contribution in [0.4, 0.5) is 5.69 Å². The Morgan fingerprint density at radius 1 is 0.939 bits per heavy atom. The first-order chi connectivity index (χ1) is 15.8. The summed E-state index contributed by atoms with van der Waals surface area (Å²) in [6.45, 7) is 0. The summed E-state index contributed by atoms with van der Waals surface area (Å²) in [5, 5.41) is 12.0. The second-order valence-corrected chi connectivity index (χ2v) is 8.64. The van der Waals surface area contributed by atoms with Gasteiger partial charge in [0.1, 0.15) is 5.75 Å². The van der Waals surface area contributed by atoms with E-state index in [1.54, 1.807) is 48.5 Å². The molecular weight excluding hydrogens is 444 g/mol. The average Bonchev–Trinajstić information content (AvgIpc) is 2.82. The minimum absolute atomic E-state index is 0.0431. The van der Waals surface area contributed by atoms with Gasteiger partial charge in [-0.25, -0.2) is 4.79 Å². The zero-order valence-corrected chi connectivity index (χ0v) is 18.2. The first kappa shape index (κ1) is 22.0. The maximum Gasteiger partial charge on any atom is 0.335 e. The molecule has 0 unspecified atom stereocenters. The van der Waals surface area contributed by atoms with E-state index in [4.69, 9.17) is 9.84 Å². The Balaban J connectivity index is 1.80. The number of carboxylic acid groups (broad SMARTS) is 1. The van der Waals surface area contributed by atoms with Crippen LogP contribution in [-0.2, 0) is 10.0 Å². The number of allylic oxidation sites excluding steroid dienone is 2. The summed E-state index contributed by atoms with van der Waals surface area (Å²) in [6, 6.07) is 18.3. The number of hydrogen-bond acceptors (Lipinski definition) is 6. The minimum atomic E-state index is -4.18. The summed E-state index contributed by atoms with van der Waals surface area (Å²) in [6.07, 6.45) is 1.38. The van der Waals surface area contributed by atoms with Crippen LogP contribution in [0.15, 0.2) is 93.9 Å². The zero-order valence-electron chi connectivity index (χ0n) is 17.3. The number of rotatable bonds is 6. The number of fused-ring (bicyclic) bond motifs is 1. The predicted octanol–water partition coefficient (Wildman–Crippen LogP) is 3.76. The molecule has 0 amide bonds. The van der Waals surface area contributed by atoms with E-state index in [0.29, 0.717) is 22.6 Å². The summed E-state index contributed by atoms with van der Waals surface area (Å²) in [7, 11) is -2.68. The van der Waals surface area contributed by atoms with Crippen LogP contribution in [-0.4, -0.2) is 38.1 Å². The molecule has 0 aromatic heterocycles. The zero-order chi connectivity index (χ0) is 23.6. The normalized spacial score (nSPS) is 14.4.